The molecule has 2 bridgehead atoms. The number of hydrogen-bond donors (Lipinski definition) is 0. The minimum absolute atomic E-state index is 0.907. The van der Waals surface area contributed by atoms with Crippen molar-refractivity contribution in [2.75, 3.05) is 0 Å². The standard InChI is InChI=1S/C10H16/c1-6-4-10-5-8(6)9(10)3-7(10)2/h6-9H,3-5H2,1-2H3. The van der Waals surface area contributed by atoms with Crippen LogP contribution in [0.25, 0.3) is 0 Å². The molecule has 0 nitrogen and oxygen atoms in total. The van der Waals surface area contributed by atoms with Crippen molar-refractivity contribution in [2.45, 2.75) is 33.1 Å². The topological polar surface area (TPSA) is 0 Å². The largest absolute Gasteiger partial charge is 0.0622 e. The van der Waals surface area contributed by atoms with Gasteiger partial charge in [-0.05, 0) is 48.3 Å². The summed E-state index contributed by atoms with van der Waals surface area (Å²) in [6, 6.07) is 0. The minimum Gasteiger partial charge on any atom is -0.0622 e. The van der Waals surface area contributed by atoms with Gasteiger partial charge in [-0.15, -0.1) is 0 Å². The minimum atomic E-state index is 0.907. The maximum Gasteiger partial charge on any atom is -0.0235 e. The molecule has 0 aromatic rings. The summed E-state index contributed by atoms with van der Waals surface area (Å²) in [4.78, 5) is 0. The van der Waals surface area contributed by atoms with Gasteiger partial charge >= 0.3 is 0 Å². The molecule has 4 aliphatic rings. The first-order chi connectivity index (χ1) is 4.74. The SMILES string of the molecule is CC1CC23CC1C2CC3C. The van der Waals surface area contributed by atoms with Crippen LogP contribution in [0.4, 0.5) is 0 Å². The first kappa shape index (κ1) is 5.62. The van der Waals surface area contributed by atoms with E-state index in [4.69, 9.17) is 0 Å². The fourth-order valence-corrected chi connectivity index (χ4v) is 4.21. The third-order valence-corrected chi connectivity index (χ3v) is 4.89. The zero-order valence-corrected chi connectivity index (χ0v) is 6.93. The van der Waals surface area contributed by atoms with Crippen LogP contribution in [0.5, 0.6) is 0 Å². The molecule has 0 heterocycles. The van der Waals surface area contributed by atoms with E-state index in [2.05, 4.69) is 13.8 Å². The second-order valence-electron chi connectivity index (χ2n) is 5.03. The van der Waals surface area contributed by atoms with E-state index >= 15 is 0 Å². The lowest BCUT2D eigenvalue weighted by Crippen LogP contribution is -2.55. The van der Waals surface area contributed by atoms with Crippen molar-refractivity contribution in [3.8, 4) is 0 Å². The van der Waals surface area contributed by atoms with E-state index < -0.39 is 0 Å². The molecule has 0 N–H and O–H groups in total. The molecule has 4 aliphatic carbocycles. The van der Waals surface area contributed by atoms with E-state index in [9.17, 15) is 0 Å². The monoisotopic (exact) mass is 136 g/mol. The molecule has 0 aromatic heterocycles. The first-order valence-corrected chi connectivity index (χ1v) is 4.74. The Morgan fingerprint density at radius 3 is 2.40 bits per heavy atom. The van der Waals surface area contributed by atoms with Gasteiger partial charge in [0, 0.05) is 0 Å². The van der Waals surface area contributed by atoms with Crippen LogP contribution >= 0.6 is 0 Å². The molecule has 4 saturated carbocycles. The Morgan fingerprint density at radius 2 is 2.00 bits per heavy atom. The molecule has 0 saturated heterocycles. The van der Waals surface area contributed by atoms with Crippen LogP contribution in [0.2, 0.25) is 0 Å². The molecule has 10 heavy (non-hydrogen) atoms. The Kier molecular flexibility index (Phi) is 0.735. The van der Waals surface area contributed by atoms with Crippen molar-refractivity contribution in [1.82, 2.24) is 0 Å². The summed E-state index contributed by atoms with van der Waals surface area (Å²) in [5.74, 6) is 4.52. The van der Waals surface area contributed by atoms with Gasteiger partial charge in [-0.2, -0.15) is 0 Å². The molecule has 0 heteroatoms. The lowest BCUT2D eigenvalue weighted by atomic mass is 9.43. The summed E-state index contributed by atoms with van der Waals surface area (Å²) in [6.45, 7) is 4.93. The maximum absolute atomic E-state index is 2.46. The van der Waals surface area contributed by atoms with Crippen molar-refractivity contribution < 1.29 is 0 Å². The van der Waals surface area contributed by atoms with E-state index in [1.165, 1.54) is 5.92 Å². The van der Waals surface area contributed by atoms with E-state index in [-0.39, 0.29) is 0 Å². The lowest BCUT2D eigenvalue weighted by Gasteiger charge is -2.62. The summed E-state index contributed by atoms with van der Waals surface area (Å²) in [5.41, 5.74) is 0.907. The zero-order chi connectivity index (χ0) is 6.93. The van der Waals surface area contributed by atoms with Crippen LogP contribution in [0.3, 0.4) is 0 Å². The first-order valence-electron chi connectivity index (χ1n) is 4.74. The van der Waals surface area contributed by atoms with Crippen molar-refractivity contribution in [3.05, 3.63) is 0 Å². The third kappa shape index (κ3) is 0.339. The second kappa shape index (κ2) is 1.31. The predicted octanol–water partition coefficient (Wildman–Crippen LogP) is 2.69. The van der Waals surface area contributed by atoms with Gasteiger partial charge < -0.3 is 0 Å². The molecule has 0 aliphatic heterocycles. The fourth-order valence-electron chi connectivity index (χ4n) is 4.21. The van der Waals surface area contributed by atoms with E-state index in [0.29, 0.717) is 0 Å². The number of fused-ring (bicyclic) bond motifs is 1. The van der Waals surface area contributed by atoms with Gasteiger partial charge in [0.15, 0.2) is 0 Å². The van der Waals surface area contributed by atoms with Gasteiger partial charge in [-0.25, -0.2) is 0 Å². The van der Waals surface area contributed by atoms with Gasteiger partial charge in [-0.3, -0.25) is 0 Å². The molecule has 56 valence electrons. The van der Waals surface area contributed by atoms with Gasteiger partial charge in [-0.1, -0.05) is 13.8 Å². The quantitative estimate of drug-likeness (QED) is 0.480. The Bertz CT molecular complexity index is 184. The number of rotatable bonds is 0. The normalized spacial score (nSPS) is 70.2. The second-order valence-corrected chi connectivity index (χ2v) is 5.03. The van der Waals surface area contributed by atoms with E-state index in [0.717, 1.165) is 23.2 Å². The molecule has 4 rings (SSSR count). The molecule has 1 spiro atoms. The summed E-state index contributed by atoms with van der Waals surface area (Å²) < 4.78 is 0. The van der Waals surface area contributed by atoms with E-state index in [1.807, 2.05) is 0 Å². The highest BCUT2D eigenvalue weighted by Gasteiger charge is 2.69. The van der Waals surface area contributed by atoms with Crippen molar-refractivity contribution in [1.29, 1.82) is 0 Å². The maximum atomic E-state index is 2.46. The molecule has 5 unspecified atom stereocenters. The highest BCUT2D eigenvalue weighted by atomic mass is 14.7. The van der Waals surface area contributed by atoms with Gasteiger partial charge in [0.2, 0.25) is 0 Å². The fraction of sp³-hybridized carbons (Fsp3) is 1.00. The van der Waals surface area contributed by atoms with E-state index in [1.54, 1.807) is 19.3 Å². The van der Waals surface area contributed by atoms with Crippen molar-refractivity contribution in [3.63, 3.8) is 0 Å². The van der Waals surface area contributed by atoms with Crippen LogP contribution in [0.15, 0.2) is 0 Å². The summed E-state index contributed by atoms with van der Waals surface area (Å²) in [6.07, 6.45) is 4.73. The summed E-state index contributed by atoms with van der Waals surface area (Å²) >= 11 is 0. The van der Waals surface area contributed by atoms with Crippen molar-refractivity contribution in [2.24, 2.45) is 29.1 Å². The molecular formula is C10H16. The van der Waals surface area contributed by atoms with Crippen LogP contribution in [0.1, 0.15) is 33.1 Å². The van der Waals surface area contributed by atoms with Crippen molar-refractivity contribution >= 4 is 0 Å². The molecule has 0 aromatic carbocycles. The number of hydrogen-bond acceptors (Lipinski definition) is 0. The summed E-state index contributed by atoms with van der Waals surface area (Å²) in [5, 5.41) is 0. The smallest absolute Gasteiger partial charge is 0.0235 e. The Morgan fingerprint density at radius 1 is 1.20 bits per heavy atom. The lowest BCUT2D eigenvalue weighted by molar-refractivity contribution is -0.131. The average Bonchev–Trinajstić information content (AvgIpc) is 2.33. The Balaban J connectivity index is 1.96. The zero-order valence-electron chi connectivity index (χ0n) is 6.93. The average molecular weight is 136 g/mol. The molecular weight excluding hydrogens is 120 g/mol. The van der Waals surface area contributed by atoms with Crippen LogP contribution in [-0.2, 0) is 0 Å². The predicted molar refractivity (Wildman–Crippen MR) is 41.6 cm³/mol. The highest BCUT2D eigenvalue weighted by molar-refractivity contribution is 5.18. The van der Waals surface area contributed by atoms with Crippen LogP contribution < -0.4 is 0 Å². The van der Waals surface area contributed by atoms with Gasteiger partial charge in [0.05, 0.1) is 0 Å². The van der Waals surface area contributed by atoms with Gasteiger partial charge in [0.1, 0.15) is 0 Å². The summed E-state index contributed by atoms with van der Waals surface area (Å²) in [7, 11) is 0. The molecule has 0 amide bonds. The Labute approximate surface area is 63.0 Å². The van der Waals surface area contributed by atoms with Crippen LogP contribution in [0, 0.1) is 29.1 Å². The molecule has 5 atom stereocenters. The molecule has 4 fully saturated rings. The Hall–Kier alpha value is 0. The highest BCUT2D eigenvalue weighted by Crippen LogP contribution is 2.77. The molecule has 0 radical (unpaired) electrons. The van der Waals surface area contributed by atoms with Crippen LogP contribution in [-0.4, -0.2) is 0 Å². The third-order valence-electron chi connectivity index (χ3n) is 4.89. The van der Waals surface area contributed by atoms with Gasteiger partial charge in [0.25, 0.3) is 0 Å².